The fourth-order valence-electron chi connectivity index (χ4n) is 3.40. The van der Waals surface area contributed by atoms with Crippen LogP contribution in [-0.4, -0.2) is 56.8 Å². The molecule has 0 unspecified atom stereocenters. The highest BCUT2D eigenvalue weighted by molar-refractivity contribution is 6.41. The number of carbonyl (C=O) groups excluding carboxylic acids is 4. The molecule has 0 spiro atoms. The third-order valence-corrected chi connectivity index (χ3v) is 6.12. The lowest BCUT2D eigenvalue weighted by Crippen LogP contribution is -2.41. The van der Waals surface area contributed by atoms with Gasteiger partial charge in [0, 0.05) is 12.5 Å². The molecule has 10 heteroatoms. The van der Waals surface area contributed by atoms with Gasteiger partial charge in [-0.15, -0.1) is 0 Å². The number of esters is 3. The number of benzene rings is 1. The number of hydrogen-bond donors (Lipinski definition) is 1. The Bertz CT molecular complexity index is 962. The Morgan fingerprint density at radius 2 is 1.76 bits per heavy atom. The van der Waals surface area contributed by atoms with Crippen molar-refractivity contribution in [3.8, 4) is 5.75 Å². The summed E-state index contributed by atoms with van der Waals surface area (Å²) in [7, 11) is 2.65. The number of ether oxygens (including phenoxy) is 4. The molecular formula is C27H38ClNO8. The molecule has 0 aliphatic carbocycles. The number of hydrogen-bond acceptors (Lipinski definition) is 8. The molecule has 206 valence electrons. The van der Waals surface area contributed by atoms with Crippen LogP contribution in [0, 0.1) is 5.92 Å². The third kappa shape index (κ3) is 10.1. The average molecular weight is 540 g/mol. The molecule has 1 rings (SSSR count). The molecule has 0 aliphatic rings. The maximum absolute atomic E-state index is 13.3. The number of nitrogens with one attached hydrogen (secondary N) is 1. The van der Waals surface area contributed by atoms with Crippen LogP contribution in [0.25, 0.3) is 0 Å². The maximum atomic E-state index is 13.3. The molecule has 0 radical (unpaired) electrons. The topological polar surface area (TPSA) is 117 Å². The van der Waals surface area contributed by atoms with Gasteiger partial charge in [-0.1, -0.05) is 57.3 Å². The Morgan fingerprint density at radius 1 is 1.05 bits per heavy atom. The zero-order chi connectivity index (χ0) is 28.0. The predicted octanol–water partition coefficient (Wildman–Crippen LogP) is 4.34. The Labute approximate surface area is 223 Å². The van der Waals surface area contributed by atoms with Crippen LogP contribution in [0.15, 0.2) is 29.3 Å². The first-order valence-electron chi connectivity index (χ1n) is 12.4. The van der Waals surface area contributed by atoms with Gasteiger partial charge in [0.05, 0.1) is 14.2 Å². The SMILES string of the molecule is CCCCCc1cccc(OC)c1C(=O)O[C@@H](C(=O)O[C@@H](C)C(=O)NC/C=C(/Cl)C(=O)OC)[C@@H](C)CC. The lowest BCUT2D eigenvalue weighted by Gasteiger charge is -2.24. The summed E-state index contributed by atoms with van der Waals surface area (Å²) in [6, 6.07) is 5.33. The highest BCUT2D eigenvalue weighted by atomic mass is 35.5. The van der Waals surface area contributed by atoms with Crippen LogP contribution in [0.2, 0.25) is 0 Å². The van der Waals surface area contributed by atoms with Gasteiger partial charge in [-0.05, 0) is 43.9 Å². The number of methoxy groups -OCH3 is 2. The van der Waals surface area contributed by atoms with Crippen molar-refractivity contribution in [2.75, 3.05) is 20.8 Å². The van der Waals surface area contributed by atoms with Gasteiger partial charge in [-0.2, -0.15) is 0 Å². The number of halogens is 1. The van der Waals surface area contributed by atoms with Crippen molar-refractivity contribution in [3.05, 3.63) is 40.4 Å². The largest absolute Gasteiger partial charge is 0.496 e. The molecule has 1 N–H and O–H groups in total. The van der Waals surface area contributed by atoms with E-state index in [1.54, 1.807) is 13.0 Å². The smallest absolute Gasteiger partial charge is 0.349 e. The minimum absolute atomic E-state index is 0.0763. The van der Waals surface area contributed by atoms with Gasteiger partial charge in [0.1, 0.15) is 16.3 Å². The van der Waals surface area contributed by atoms with Gasteiger partial charge in [0.2, 0.25) is 6.10 Å². The molecule has 0 bridgehead atoms. The molecule has 0 heterocycles. The van der Waals surface area contributed by atoms with Crippen LogP contribution in [0.4, 0.5) is 0 Å². The van der Waals surface area contributed by atoms with Gasteiger partial charge in [-0.25, -0.2) is 14.4 Å². The quantitative estimate of drug-likeness (QED) is 0.151. The van der Waals surface area contributed by atoms with Crippen LogP contribution in [0.3, 0.4) is 0 Å². The van der Waals surface area contributed by atoms with Crippen molar-refractivity contribution in [1.29, 1.82) is 0 Å². The van der Waals surface area contributed by atoms with E-state index in [2.05, 4.69) is 17.0 Å². The molecule has 9 nitrogen and oxygen atoms in total. The van der Waals surface area contributed by atoms with Crippen molar-refractivity contribution < 1.29 is 38.1 Å². The fraction of sp³-hybridized carbons (Fsp3) is 0.556. The molecule has 3 atom stereocenters. The second-order valence-electron chi connectivity index (χ2n) is 8.53. The Balaban J connectivity index is 2.97. The first-order chi connectivity index (χ1) is 17.6. The summed E-state index contributed by atoms with van der Waals surface area (Å²) >= 11 is 5.73. The maximum Gasteiger partial charge on any atom is 0.349 e. The van der Waals surface area contributed by atoms with E-state index in [0.717, 1.165) is 24.8 Å². The fourth-order valence-corrected chi connectivity index (χ4v) is 3.55. The molecule has 0 aromatic heterocycles. The van der Waals surface area contributed by atoms with Crippen LogP contribution in [0.1, 0.15) is 69.3 Å². The van der Waals surface area contributed by atoms with Crippen molar-refractivity contribution in [3.63, 3.8) is 0 Å². The Hall–Kier alpha value is -3.07. The number of rotatable bonds is 15. The molecule has 0 aliphatic heterocycles. The van der Waals surface area contributed by atoms with Gasteiger partial charge in [0.25, 0.3) is 5.91 Å². The number of aryl methyl sites for hydroxylation is 1. The molecule has 0 saturated carbocycles. The van der Waals surface area contributed by atoms with Crippen molar-refractivity contribution in [1.82, 2.24) is 5.32 Å². The second-order valence-corrected chi connectivity index (χ2v) is 8.94. The van der Waals surface area contributed by atoms with Gasteiger partial charge in [0.15, 0.2) is 6.10 Å². The number of carbonyl (C=O) groups is 4. The van der Waals surface area contributed by atoms with Crippen molar-refractivity contribution in [2.24, 2.45) is 5.92 Å². The summed E-state index contributed by atoms with van der Waals surface area (Å²) in [4.78, 5) is 49.9. The Morgan fingerprint density at radius 3 is 2.35 bits per heavy atom. The van der Waals surface area contributed by atoms with Gasteiger partial charge < -0.3 is 24.3 Å². The van der Waals surface area contributed by atoms with E-state index in [1.807, 2.05) is 19.1 Å². The van der Waals surface area contributed by atoms with Crippen LogP contribution >= 0.6 is 11.6 Å². The molecule has 1 aromatic carbocycles. The highest BCUT2D eigenvalue weighted by Crippen LogP contribution is 2.27. The summed E-state index contributed by atoms with van der Waals surface area (Å²) < 4.78 is 20.9. The van der Waals surface area contributed by atoms with Crippen LogP contribution < -0.4 is 10.1 Å². The number of amides is 1. The summed E-state index contributed by atoms with van der Waals surface area (Å²) in [5.74, 6) is -2.89. The average Bonchev–Trinajstić information content (AvgIpc) is 2.90. The van der Waals surface area contributed by atoms with E-state index in [4.69, 9.17) is 25.8 Å². The summed E-state index contributed by atoms with van der Waals surface area (Å²) in [5, 5.41) is 2.29. The minimum Gasteiger partial charge on any atom is -0.496 e. The van der Waals surface area contributed by atoms with Gasteiger partial charge in [-0.3, -0.25) is 4.79 Å². The van der Waals surface area contributed by atoms with E-state index in [1.165, 1.54) is 27.2 Å². The summed E-state index contributed by atoms with van der Waals surface area (Å²) in [5.41, 5.74) is 1.06. The lowest BCUT2D eigenvalue weighted by atomic mass is 9.99. The number of unbranched alkanes of at least 4 members (excludes halogenated alkanes) is 2. The normalized spacial score (nSPS) is 13.6. The van der Waals surface area contributed by atoms with E-state index in [-0.39, 0.29) is 23.1 Å². The van der Waals surface area contributed by atoms with Crippen molar-refractivity contribution >= 4 is 35.4 Å². The first-order valence-corrected chi connectivity index (χ1v) is 12.8. The molecule has 1 aromatic rings. The van der Waals surface area contributed by atoms with Crippen LogP contribution in [0.5, 0.6) is 5.75 Å². The molecule has 0 saturated heterocycles. The Kier molecular flexibility index (Phi) is 14.4. The van der Waals surface area contributed by atoms with Gasteiger partial charge >= 0.3 is 17.9 Å². The second kappa shape index (κ2) is 16.6. The summed E-state index contributed by atoms with van der Waals surface area (Å²) in [6.45, 7) is 7.02. The molecular weight excluding hydrogens is 502 g/mol. The van der Waals surface area contributed by atoms with Crippen LogP contribution in [-0.2, 0) is 35.0 Å². The van der Waals surface area contributed by atoms with E-state index in [9.17, 15) is 19.2 Å². The zero-order valence-electron chi connectivity index (χ0n) is 22.4. The standard InChI is InChI=1S/C27H38ClNO8/c1-7-9-10-12-19-13-11-14-21(34-5)22(19)26(32)37-23(17(3)8-2)27(33)36-18(4)24(30)29-16-15-20(28)25(31)35-6/h11,13-15,17-18,23H,7-10,12,16H2,1-6H3,(H,29,30)/b20-15+/t17-,18-,23+/m0/s1. The third-order valence-electron chi connectivity index (χ3n) is 5.81. The monoisotopic (exact) mass is 539 g/mol. The molecule has 37 heavy (non-hydrogen) atoms. The first kappa shape index (κ1) is 32.0. The predicted molar refractivity (Wildman–Crippen MR) is 139 cm³/mol. The van der Waals surface area contributed by atoms with E-state index >= 15 is 0 Å². The van der Waals surface area contributed by atoms with E-state index in [0.29, 0.717) is 18.6 Å². The zero-order valence-corrected chi connectivity index (χ0v) is 23.2. The minimum atomic E-state index is -1.23. The molecule has 0 fully saturated rings. The lowest BCUT2D eigenvalue weighted by molar-refractivity contribution is -0.165. The highest BCUT2D eigenvalue weighted by Gasteiger charge is 2.33. The molecule has 1 amide bonds. The van der Waals surface area contributed by atoms with Crippen molar-refractivity contribution in [2.45, 2.75) is 72.0 Å². The van der Waals surface area contributed by atoms with E-state index < -0.39 is 36.0 Å². The summed E-state index contributed by atoms with van der Waals surface area (Å²) in [6.07, 6.45) is 2.99.